The quantitative estimate of drug-likeness (QED) is 0.206. The average molecular weight is 649 g/mol. The Bertz CT molecular complexity index is 2370. The van der Waals surface area contributed by atoms with Crippen LogP contribution in [0.25, 0.3) is 44.9 Å². The first-order valence-corrected chi connectivity index (χ1v) is 17.7. The molecule has 4 nitrogen and oxygen atoms in total. The molecule has 4 aromatic carbocycles. The van der Waals surface area contributed by atoms with Crippen molar-refractivity contribution in [3.05, 3.63) is 174 Å². The van der Waals surface area contributed by atoms with Gasteiger partial charge in [-0.15, -0.1) is 0 Å². The smallest absolute Gasteiger partial charge is 0.140 e. The summed E-state index contributed by atoms with van der Waals surface area (Å²) in [6, 6.07) is 34.3. The number of nitrogens with one attached hydrogen (secondary N) is 1. The Hall–Kier alpha value is -5.87. The van der Waals surface area contributed by atoms with Crippen molar-refractivity contribution >= 4 is 28.5 Å². The van der Waals surface area contributed by atoms with Gasteiger partial charge in [-0.2, -0.15) is 0 Å². The number of amidine groups is 1. The van der Waals surface area contributed by atoms with Crippen LogP contribution in [0.4, 0.5) is 0 Å². The van der Waals surface area contributed by atoms with Gasteiger partial charge in [0.2, 0.25) is 0 Å². The molecular formula is C46H36N2O2. The molecule has 0 saturated heterocycles. The maximum absolute atomic E-state index is 6.97. The molecule has 50 heavy (non-hydrogen) atoms. The molecule has 4 heteroatoms. The molecule has 0 spiro atoms. The Morgan fingerprint density at radius 1 is 0.760 bits per heavy atom. The minimum Gasteiger partial charge on any atom is -0.484 e. The molecule has 2 aliphatic heterocycles. The van der Waals surface area contributed by atoms with Crippen molar-refractivity contribution in [2.24, 2.45) is 10.9 Å². The van der Waals surface area contributed by atoms with E-state index in [0.29, 0.717) is 0 Å². The Balaban J connectivity index is 1.15. The summed E-state index contributed by atoms with van der Waals surface area (Å²) in [4.78, 5) is 5.33. The first-order chi connectivity index (χ1) is 24.8. The van der Waals surface area contributed by atoms with Gasteiger partial charge in [0.15, 0.2) is 0 Å². The summed E-state index contributed by atoms with van der Waals surface area (Å²) in [6.45, 7) is 0. The van der Waals surface area contributed by atoms with E-state index in [9.17, 15) is 0 Å². The average Bonchev–Trinajstić information content (AvgIpc) is 3.75. The highest BCUT2D eigenvalue weighted by atomic mass is 16.5. The van der Waals surface area contributed by atoms with Gasteiger partial charge < -0.3 is 14.5 Å². The van der Waals surface area contributed by atoms with Crippen molar-refractivity contribution in [2.45, 2.75) is 37.3 Å². The van der Waals surface area contributed by atoms with Crippen LogP contribution in [0.1, 0.15) is 42.1 Å². The van der Waals surface area contributed by atoms with Gasteiger partial charge in [0, 0.05) is 33.7 Å². The predicted molar refractivity (Wildman–Crippen MR) is 204 cm³/mol. The van der Waals surface area contributed by atoms with Gasteiger partial charge in [-0.3, -0.25) is 4.99 Å². The zero-order chi connectivity index (χ0) is 33.0. The van der Waals surface area contributed by atoms with Gasteiger partial charge in [0.1, 0.15) is 29.0 Å². The van der Waals surface area contributed by atoms with Gasteiger partial charge in [-0.25, -0.2) is 0 Å². The SMILES string of the molecule is C1=CCC(C2=NC(C3=CCCC=C3)C=C(C3c4oc5ccc(-c6ccccc6)cc5c4C=C4c5cc(-c6ccccc6)ccc5OC43)N2)C=C1. The zero-order valence-corrected chi connectivity index (χ0v) is 27.6. The number of aliphatic imine (C=N–C) groups is 1. The second-order valence-electron chi connectivity index (χ2n) is 13.7. The molecule has 0 bridgehead atoms. The lowest BCUT2D eigenvalue weighted by Gasteiger charge is -2.34. The third-order valence-electron chi connectivity index (χ3n) is 10.6. The summed E-state index contributed by atoms with van der Waals surface area (Å²) < 4.78 is 13.9. The number of benzene rings is 4. The van der Waals surface area contributed by atoms with E-state index in [0.717, 1.165) is 64.4 Å². The largest absolute Gasteiger partial charge is 0.484 e. The van der Waals surface area contributed by atoms with Gasteiger partial charge in [0.05, 0.1) is 12.0 Å². The van der Waals surface area contributed by atoms with Crippen LogP contribution >= 0.6 is 0 Å². The van der Waals surface area contributed by atoms with Gasteiger partial charge in [0.25, 0.3) is 0 Å². The molecule has 5 aliphatic rings. The van der Waals surface area contributed by atoms with Crippen molar-refractivity contribution in [1.82, 2.24) is 5.32 Å². The van der Waals surface area contributed by atoms with Crippen molar-refractivity contribution in [2.75, 3.05) is 0 Å². The third kappa shape index (κ3) is 4.94. The molecule has 0 amide bonds. The molecule has 10 rings (SSSR count). The Morgan fingerprint density at radius 2 is 1.56 bits per heavy atom. The van der Waals surface area contributed by atoms with Crippen LogP contribution in [0, 0.1) is 5.92 Å². The Morgan fingerprint density at radius 3 is 2.32 bits per heavy atom. The van der Waals surface area contributed by atoms with E-state index in [1.54, 1.807) is 0 Å². The topological polar surface area (TPSA) is 46.8 Å². The summed E-state index contributed by atoms with van der Waals surface area (Å²) in [7, 11) is 0. The lowest BCUT2D eigenvalue weighted by molar-refractivity contribution is 0.238. The fraction of sp³-hybridized carbons (Fsp3) is 0.152. The van der Waals surface area contributed by atoms with Gasteiger partial charge >= 0.3 is 0 Å². The second kappa shape index (κ2) is 11.9. The molecule has 4 atom stereocenters. The number of rotatable bonds is 5. The number of allylic oxidation sites excluding steroid dienone is 5. The first kappa shape index (κ1) is 29.1. The summed E-state index contributed by atoms with van der Waals surface area (Å²) in [5.74, 6) is 2.81. The lowest BCUT2D eigenvalue weighted by atomic mass is 9.79. The van der Waals surface area contributed by atoms with Crippen LogP contribution in [0.3, 0.4) is 0 Å². The minimum absolute atomic E-state index is 0.0857. The normalized spacial score (nSPS) is 23.1. The van der Waals surface area contributed by atoms with E-state index in [4.69, 9.17) is 14.1 Å². The molecule has 242 valence electrons. The van der Waals surface area contributed by atoms with Crippen molar-refractivity contribution in [1.29, 1.82) is 0 Å². The molecule has 0 radical (unpaired) electrons. The van der Waals surface area contributed by atoms with E-state index < -0.39 is 0 Å². The summed E-state index contributed by atoms with van der Waals surface area (Å²) in [6.07, 6.45) is 23.0. The van der Waals surface area contributed by atoms with Crippen molar-refractivity contribution in [3.63, 3.8) is 0 Å². The molecule has 5 aromatic rings. The molecular weight excluding hydrogens is 613 g/mol. The molecule has 1 N–H and O–H groups in total. The summed E-state index contributed by atoms with van der Waals surface area (Å²) in [5.41, 5.74) is 11.4. The standard InChI is InChI=1S/C46H36N2O2/c1-5-13-29(14-6-1)33-21-23-41-35(25-33)37-27-38-36-26-34(30-15-7-2-8-16-30)22-24-42(36)50-45(38)43(44(37)49-41)40-28-39(31-17-9-3-10-18-31)47-46(48-40)32-19-11-4-12-20-32/h1-2,4-9,11-19,21-28,32,39,43-44H,3,10,20H2,(H,47,48). The fourth-order valence-corrected chi connectivity index (χ4v) is 8.11. The highest BCUT2D eigenvalue weighted by Crippen LogP contribution is 2.53. The molecule has 3 aliphatic carbocycles. The highest BCUT2D eigenvalue weighted by molar-refractivity contribution is 6.02. The number of hydrogen-bond acceptors (Lipinski definition) is 4. The van der Waals surface area contributed by atoms with Gasteiger partial charge in [-0.05, 0) is 83.5 Å². The van der Waals surface area contributed by atoms with Crippen LogP contribution in [0.2, 0.25) is 0 Å². The zero-order valence-electron chi connectivity index (χ0n) is 27.6. The number of furan rings is 1. The molecule has 1 aromatic heterocycles. The fourth-order valence-electron chi connectivity index (χ4n) is 8.11. The highest BCUT2D eigenvalue weighted by Gasteiger charge is 2.45. The predicted octanol–water partition coefficient (Wildman–Crippen LogP) is 10.8. The van der Waals surface area contributed by atoms with E-state index in [1.807, 2.05) is 0 Å². The number of hydrogen-bond donors (Lipinski definition) is 1. The molecule has 0 fully saturated rings. The number of ether oxygens (including phenoxy) is 1. The molecule has 4 unspecified atom stereocenters. The minimum atomic E-state index is -0.255. The Kier molecular flexibility index (Phi) is 6.93. The van der Waals surface area contributed by atoms with Crippen LogP contribution in [0.15, 0.2) is 166 Å². The summed E-state index contributed by atoms with van der Waals surface area (Å²) >= 11 is 0. The van der Waals surface area contributed by atoms with Crippen LogP contribution in [0.5, 0.6) is 5.75 Å². The number of fused-ring (bicyclic) bond motifs is 6. The molecule has 0 saturated carbocycles. The maximum atomic E-state index is 6.97. The van der Waals surface area contributed by atoms with Crippen molar-refractivity contribution in [3.8, 4) is 28.0 Å². The van der Waals surface area contributed by atoms with Crippen LogP contribution in [-0.4, -0.2) is 18.0 Å². The van der Waals surface area contributed by atoms with Crippen molar-refractivity contribution < 1.29 is 9.15 Å². The second-order valence-corrected chi connectivity index (χ2v) is 13.7. The lowest BCUT2D eigenvalue weighted by Crippen LogP contribution is -2.41. The third-order valence-corrected chi connectivity index (χ3v) is 10.6. The van der Waals surface area contributed by atoms with E-state index in [1.165, 1.54) is 33.4 Å². The first-order valence-electron chi connectivity index (χ1n) is 17.7. The van der Waals surface area contributed by atoms with Crippen LogP contribution in [-0.2, 0) is 0 Å². The maximum Gasteiger partial charge on any atom is 0.140 e. The van der Waals surface area contributed by atoms with Gasteiger partial charge in [-0.1, -0.05) is 115 Å². The van der Waals surface area contributed by atoms with E-state index >= 15 is 0 Å². The van der Waals surface area contributed by atoms with E-state index in [-0.39, 0.29) is 24.0 Å². The van der Waals surface area contributed by atoms with E-state index in [2.05, 4.69) is 157 Å². The number of nitrogens with zero attached hydrogens (tertiary/aromatic N) is 1. The molecule has 3 heterocycles. The Labute approximate surface area is 292 Å². The monoisotopic (exact) mass is 648 g/mol. The summed E-state index contributed by atoms with van der Waals surface area (Å²) in [5, 5.41) is 4.98. The van der Waals surface area contributed by atoms with Crippen LogP contribution < -0.4 is 10.1 Å².